The van der Waals surface area contributed by atoms with Crippen molar-refractivity contribution in [2.75, 3.05) is 26.4 Å². The summed E-state index contributed by atoms with van der Waals surface area (Å²) >= 11 is 0. The van der Waals surface area contributed by atoms with Gasteiger partial charge in [-0.3, -0.25) is 14.3 Å². The van der Waals surface area contributed by atoms with Crippen molar-refractivity contribution in [3.05, 3.63) is 12.3 Å². The molecule has 0 aromatic carbocycles. The Morgan fingerprint density at radius 3 is 2.82 bits per heavy atom. The normalized spacial score (nSPS) is 10.0. The summed E-state index contributed by atoms with van der Waals surface area (Å²) in [6, 6.07) is 1.61. The molecule has 7 nitrogen and oxygen atoms in total. The Labute approximate surface area is 99.1 Å². The van der Waals surface area contributed by atoms with Gasteiger partial charge in [0.25, 0.3) is 0 Å². The smallest absolute Gasteiger partial charge is 0.307 e. The number of nitrogens with two attached hydrogens (primary N) is 1. The lowest BCUT2D eigenvalue weighted by molar-refractivity contribution is -0.141. The maximum atomic E-state index is 11.7. The summed E-state index contributed by atoms with van der Waals surface area (Å²) in [5.74, 6) is -0.111. The number of esters is 1. The third-order valence-electron chi connectivity index (χ3n) is 2.26. The van der Waals surface area contributed by atoms with E-state index in [1.54, 1.807) is 19.3 Å². The molecule has 0 atom stereocenters. The van der Waals surface area contributed by atoms with Gasteiger partial charge in [0.2, 0.25) is 5.91 Å². The minimum absolute atomic E-state index is 0.106. The molecule has 0 unspecified atom stereocenters. The summed E-state index contributed by atoms with van der Waals surface area (Å²) in [5, 5.41) is 3.90. The van der Waals surface area contributed by atoms with Crippen LogP contribution in [0.1, 0.15) is 6.42 Å². The van der Waals surface area contributed by atoms with E-state index < -0.39 is 0 Å². The van der Waals surface area contributed by atoms with Gasteiger partial charge in [0.05, 0.1) is 13.5 Å². The second kappa shape index (κ2) is 5.88. The molecule has 0 aliphatic carbocycles. The Morgan fingerprint density at radius 1 is 1.59 bits per heavy atom. The number of hydrogen-bond donors (Lipinski definition) is 1. The lowest BCUT2D eigenvalue weighted by atomic mass is 10.4. The second-order valence-corrected chi connectivity index (χ2v) is 3.58. The number of ether oxygens (including phenoxy) is 1. The van der Waals surface area contributed by atoms with E-state index in [0.29, 0.717) is 12.4 Å². The van der Waals surface area contributed by atoms with Crippen molar-refractivity contribution in [1.29, 1.82) is 0 Å². The Kier molecular flexibility index (Phi) is 4.50. The van der Waals surface area contributed by atoms with E-state index in [0.717, 1.165) is 0 Å². The van der Waals surface area contributed by atoms with E-state index in [2.05, 4.69) is 9.84 Å². The number of nitrogen functional groups attached to an aromatic ring is 1. The van der Waals surface area contributed by atoms with Crippen LogP contribution in [0.2, 0.25) is 0 Å². The molecular formula is C10H16N4O3. The first-order chi connectivity index (χ1) is 8.02. The number of anilines is 1. The number of carbonyl (C=O) groups excluding carboxylic acids is 2. The van der Waals surface area contributed by atoms with Crippen molar-refractivity contribution in [2.45, 2.75) is 13.0 Å². The first kappa shape index (κ1) is 13.0. The van der Waals surface area contributed by atoms with Gasteiger partial charge in [-0.15, -0.1) is 0 Å². The number of aromatic nitrogens is 2. The first-order valence-electron chi connectivity index (χ1n) is 5.12. The van der Waals surface area contributed by atoms with Crippen molar-refractivity contribution in [2.24, 2.45) is 0 Å². The quantitative estimate of drug-likeness (QED) is 0.700. The Morgan fingerprint density at radius 2 is 2.29 bits per heavy atom. The molecule has 7 heteroatoms. The largest absolute Gasteiger partial charge is 0.469 e. The fourth-order valence-corrected chi connectivity index (χ4v) is 1.21. The molecule has 0 aliphatic rings. The molecule has 17 heavy (non-hydrogen) atoms. The Balaban J connectivity index is 2.39. The highest BCUT2D eigenvalue weighted by atomic mass is 16.5. The molecule has 0 spiro atoms. The maximum Gasteiger partial charge on any atom is 0.307 e. The second-order valence-electron chi connectivity index (χ2n) is 3.58. The lowest BCUT2D eigenvalue weighted by Gasteiger charge is -2.16. The first-order valence-corrected chi connectivity index (χ1v) is 5.12. The molecule has 2 N–H and O–H groups in total. The Bertz CT molecular complexity index is 402. The standard InChI is InChI=1S/C10H16N4O3/c1-13(5-4-10(16)17-2)9(15)7-14-6-3-8(11)12-14/h3,6H,4-5,7H2,1-2H3,(H2,11,12). The SMILES string of the molecule is COC(=O)CCN(C)C(=O)Cn1ccc(N)n1. The summed E-state index contributed by atoms with van der Waals surface area (Å²) in [6.45, 7) is 0.428. The Hall–Kier alpha value is -2.05. The van der Waals surface area contributed by atoms with Gasteiger partial charge >= 0.3 is 5.97 Å². The van der Waals surface area contributed by atoms with Crippen LogP contribution in [0.15, 0.2) is 12.3 Å². The highest BCUT2D eigenvalue weighted by Crippen LogP contribution is 1.98. The zero-order valence-electron chi connectivity index (χ0n) is 9.92. The molecule has 0 aliphatic heterocycles. The molecule has 94 valence electrons. The number of rotatable bonds is 5. The molecule has 0 radical (unpaired) electrons. The summed E-state index contributed by atoms with van der Waals surface area (Å²) in [7, 11) is 2.94. The van der Waals surface area contributed by atoms with Crippen LogP contribution in [0.5, 0.6) is 0 Å². The molecular weight excluding hydrogens is 224 g/mol. The van der Waals surface area contributed by atoms with E-state index in [9.17, 15) is 9.59 Å². The van der Waals surface area contributed by atoms with Crippen molar-refractivity contribution in [3.8, 4) is 0 Å². The fourth-order valence-electron chi connectivity index (χ4n) is 1.21. The number of methoxy groups -OCH3 is 1. The predicted octanol–water partition coefficient (Wildman–Crippen LogP) is -0.513. The van der Waals surface area contributed by atoms with E-state index in [-0.39, 0.29) is 24.8 Å². The number of nitrogens with zero attached hydrogens (tertiary/aromatic N) is 3. The molecule has 0 bridgehead atoms. The van der Waals surface area contributed by atoms with Gasteiger partial charge in [-0.2, -0.15) is 5.10 Å². The van der Waals surface area contributed by atoms with Gasteiger partial charge in [-0.1, -0.05) is 0 Å². The van der Waals surface area contributed by atoms with Crippen LogP contribution in [0.3, 0.4) is 0 Å². The molecule has 1 heterocycles. The lowest BCUT2D eigenvalue weighted by Crippen LogP contribution is -2.32. The van der Waals surface area contributed by atoms with Crippen molar-refractivity contribution < 1.29 is 14.3 Å². The molecule has 1 rings (SSSR count). The summed E-state index contributed by atoms with van der Waals surface area (Å²) < 4.78 is 5.94. The number of amides is 1. The van der Waals surface area contributed by atoms with E-state index in [1.165, 1.54) is 16.7 Å². The van der Waals surface area contributed by atoms with Crippen LogP contribution in [-0.2, 0) is 20.9 Å². The topological polar surface area (TPSA) is 90.5 Å². The van der Waals surface area contributed by atoms with Crippen molar-refractivity contribution >= 4 is 17.7 Å². The molecule has 0 saturated carbocycles. The summed E-state index contributed by atoms with van der Waals surface area (Å²) in [4.78, 5) is 24.1. The average molecular weight is 240 g/mol. The number of likely N-dealkylation sites (N-methyl/N-ethyl adjacent to an activating group) is 1. The minimum Gasteiger partial charge on any atom is -0.469 e. The van der Waals surface area contributed by atoms with Crippen molar-refractivity contribution in [3.63, 3.8) is 0 Å². The minimum atomic E-state index is -0.340. The predicted molar refractivity (Wildman–Crippen MR) is 60.9 cm³/mol. The van der Waals surface area contributed by atoms with Gasteiger partial charge in [0, 0.05) is 19.8 Å². The van der Waals surface area contributed by atoms with Crippen LogP contribution in [-0.4, -0.2) is 47.3 Å². The third-order valence-corrected chi connectivity index (χ3v) is 2.26. The molecule has 1 amide bonds. The number of hydrogen-bond acceptors (Lipinski definition) is 5. The zero-order chi connectivity index (χ0) is 12.8. The number of carbonyl (C=O) groups is 2. The van der Waals surface area contributed by atoms with Crippen LogP contribution in [0.25, 0.3) is 0 Å². The van der Waals surface area contributed by atoms with Crippen LogP contribution < -0.4 is 5.73 Å². The fraction of sp³-hybridized carbons (Fsp3) is 0.500. The van der Waals surface area contributed by atoms with Gasteiger partial charge in [-0.25, -0.2) is 0 Å². The zero-order valence-corrected chi connectivity index (χ0v) is 9.92. The van der Waals surface area contributed by atoms with Gasteiger partial charge in [-0.05, 0) is 6.07 Å². The average Bonchev–Trinajstić information content (AvgIpc) is 2.70. The van der Waals surface area contributed by atoms with Crippen LogP contribution >= 0.6 is 0 Å². The van der Waals surface area contributed by atoms with Crippen LogP contribution in [0.4, 0.5) is 5.82 Å². The highest BCUT2D eigenvalue weighted by Gasteiger charge is 2.11. The molecule has 1 aromatic heterocycles. The van der Waals surface area contributed by atoms with Gasteiger partial charge < -0.3 is 15.4 Å². The summed E-state index contributed by atoms with van der Waals surface area (Å²) in [6.07, 6.45) is 1.81. The van der Waals surface area contributed by atoms with E-state index in [1.807, 2.05) is 0 Å². The molecule has 0 fully saturated rings. The van der Waals surface area contributed by atoms with E-state index in [4.69, 9.17) is 5.73 Å². The monoisotopic (exact) mass is 240 g/mol. The highest BCUT2D eigenvalue weighted by molar-refractivity contribution is 5.76. The van der Waals surface area contributed by atoms with E-state index >= 15 is 0 Å². The third kappa shape index (κ3) is 4.13. The van der Waals surface area contributed by atoms with Gasteiger partial charge in [0.15, 0.2) is 0 Å². The maximum absolute atomic E-state index is 11.7. The van der Waals surface area contributed by atoms with Crippen molar-refractivity contribution in [1.82, 2.24) is 14.7 Å². The molecule has 0 saturated heterocycles. The van der Waals surface area contributed by atoms with Crippen LogP contribution in [0, 0.1) is 0 Å². The van der Waals surface area contributed by atoms with Gasteiger partial charge in [0.1, 0.15) is 12.4 Å². The summed E-state index contributed by atoms with van der Waals surface area (Å²) in [5.41, 5.74) is 5.43. The molecule has 1 aromatic rings.